The maximum Gasteiger partial charge on any atom is 0.252 e. The lowest BCUT2D eigenvalue weighted by atomic mass is 10.0. The van der Waals surface area contributed by atoms with Crippen LogP contribution in [0.1, 0.15) is 54.2 Å². The Balaban J connectivity index is 1.32. The van der Waals surface area contributed by atoms with Crippen molar-refractivity contribution in [3.05, 3.63) is 47.0 Å². The molecular weight excluding hydrogens is 394 g/mol. The summed E-state index contributed by atoms with van der Waals surface area (Å²) in [4.78, 5) is 23.9. The summed E-state index contributed by atoms with van der Waals surface area (Å²) < 4.78 is 13.3. The second-order valence-corrected chi connectivity index (χ2v) is 8.23. The molecule has 31 heavy (non-hydrogen) atoms. The van der Waals surface area contributed by atoms with Crippen molar-refractivity contribution in [2.75, 3.05) is 19.8 Å². The van der Waals surface area contributed by atoms with E-state index in [9.17, 15) is 4.79 Å². The molecule has 0 unspecified atom stereocenters. The highest BCUT2D eigenvalue weighted by atomic mass is 16.5. The van der Waals surface area contributed by atoms with Gasteiger partial charge in [-0.3, -0.25) is 4.79 Å². The third-order valence-corrected chi connectivity index (χ3v) is 6.31. The maximum absolute atomic E-state index is 13.2. The molecule has 8 nitrogen and oxygen atoms in total. The van der Waals surface area contributed by atoms with Gasteiger partial charge in [0.2, 0.25) is 5.91 Å². The molecule has 0 bridgehead atoms. The van der Waals surface area contributed by atoms with Crippen LogP contribution in [-0.2, 0) is 11.2 Å². The molecule has 0 aliphatic carbocycles. The third-order valence-electron chi connectivity index (χ3n) is 6.31. The summed E-state index contributed by atoms with van der Waals surface area (Å²) in [6.45, 7) is 6.10. The zero-order valence-corrected chi connectivity index (χ0v) is 18.0. The van der Waals surface area contributed by atoms with Gasteiger partial charge in [-0.15, -0.1) is 0 Å². The highest BCUT2D eigenvalue weighted by Gasteiger charge is 2.30. The minimum absolute atomic E-state index is 0.0859. The largest absolute Gasteiger partial charge is 0.490 e. The first-order valence-electron chi connectivity index (χ1n) is 11.0. The van der Waals surface area contributed by atoms with Crippen LogP contribution in [0.25, 0.3) is 5.78 Å². The van der Waals surface area contributed by atoms with E-state index >= 15 is 0 Å². The number of carbonyl (C=O) groups is 1. The third kappa shape index (κ3) is 3.71. The molecule has 1 aromatic carbocycles. The van der Waals surface area contributed by atoms with Crippen LogP contribution in [-0.4, -0.2) is 50.1 Å². The Morgan fingerprint density at radius 2 is 2.00 bits per heavy atom. The Morgan fingerprint density at radius 3 is 2.87 bits per heavy atom. The zero-order chi connectivity index (χ0) is 21.4. The minimum atomic E-state index is 0.0859. The average Bonchev–Trinajstić information content (AvgIpc) is 3.38. The van der Waals surface area contributed by atoms with Crippen LogP contribution in [0.5, 0.6) is 11.5 Å². The van der Waals surface area contributed by atoms with Crippen LogP contribution in [0.3, 0.4) is 0 Å². The second-order valence-electron chi connectivity index (χ2n) is 8.23. The van der Waals surface area contributed by atoms with Gasteiger partial charge in [0.05, 0.1) is 19.3 Å². The molecule has 4 heterocycles. The van der Waals surface area contributed by atoms with E-state index in [0.29, 0.717) is 31.8 Å². The number of nitrogens with zero attached hydrogens (tertiary/aromatic N) is 5. The fraction of sp³-hybridized carbons (Fsp3) is 0.478. The van der Waals surface area contributed by atoms with Gasteiger partial charge in [0, 0.05) is 30.8 Å². The number of hydrogen-bond acceptors (Lipinski definition) is 6. The summed E-state index contributed by atoms with van der Waals surface area (Å²) in [7, 11) is 0. The first-order valence-corrected chi connectivity index (χ1v) is 11.0. The molecule has 0 radical (unpaired) electrons. The van der Waals surface area contributed by atoms with E-state index in [4.69, 9.17) is 9.47 Å². The highest BCUT2D eigenvalue weighted by Crippen LogP contribution is 2.38. The number of carbonyl (C=O) groups excluding carboxylic acids is 1. The van der Waals surface area contributed by atoms with Gasteiger partial charge in [0.15, 0.2) is 11.5 Å². The second kappa shape index (κ2) is 8.17. The van der Waals surface area contributed by atoms with Gasteiger partial charge in [0.25, 0.3) is 5.78 Å². The molecule has 5 rings (SSSR count). The number of aryl methyl sites for hydroxylation is 2. The summed E-state index contributed by atoms with van der Waals surface area (Å²) in [6, 6.07) is 6.18. The molecule has 0 N–H and O–H groups in total. The quantitative estimate of drug-likeness (QED) is 0.643. The molecule has 3 aromatic rings. The number of ether oxygens (including phenoxy) is 2. The van der Waals surface area contributed by atoms with Gasteiger partial charge in [-0.25, -0.2) is 9.50 Å². The number of benzene rings is 1. The summed E-state index contributed by atoms with van der Waals surface area (Å²) in [5.41, 5.74) is 4.09. The summed E-state index contributed by atoms with van der Waals surface area (Å²) in [5, 5.41) is 4.24. The minimum Gasteiger partial charge on any atom is -0.490 e. The van der Waals surface area contributed by atoms with Gasteiger partial charge >= 0.3 is 0 Å². The first kappa shape index (κ1) is 19.8. The van der Waals surface area contributed by atoms with Crippen molar-refractivity contribution < 1.29 is 14.3 Å². The lowest BCUT2D eigenvalue weighted by Crippen LogP contribution is -2.31. The Labute approximate surface area is 181 Å². The van der Waals surface area contributed by atoms with E-state index < -0.39 is 0 Å². The van der Waals surface area contributed by atoms with Crippen LogP contribution < -0.4 is 9.47 Å². The molecule has 8 heteroatoms. The standard InChI is InChI=1S/C23H27N5O3/c1-15-18(16(2)28-23(26-15)24-14-25-28)7-9-22(29)27-10-3-5-19(27)17-6-8-20-21(13-17)31-12-4-11-30-20/h6,8,13-14,19H,3-5,7,9-12H2,1-2H3/t19-/m0/s1. The normalized spacial score (nSPS) is 18.4. The monoisotopic (exact) mass is 421 g/mol. The molecule has 162 valence electrons. The number of amides is 1. The summed E-state index contributed by atoms with van der Waals surface area (Å²) >= 11 is 0. The topological polar surface area (TPSA) is 81.9 Å². The van der Waals surface area contributed by atoms with Crippen LogP contribution in [0.4, 0.5) is 0 Å². The zero-order valence-electron chi connectivity index (χ0n) is 18.0. The summed E-state index contributed by atoms with van der Waals surface area (Å²) in [6.07, 6.45) is 5.46. The van der Waals surface area contributed by atoms with E-state index in [1.54, 1.807) is 4.52 Å². The molecule has 2 aliphatic rings. The van der Waals surface area contributed by atoms with Crippen molar-refractivity contribution in [2.45, 2.75) is 52.0 Å². The van der Waals surface area contributed by atoms with Crippen molar-refractivity contribution in [1.82, 2.24) is 24.5 Å². The molecule has 2 aromatic heterocycles. The molecule has 1 saturated heterocycles. The number of rotatable bonds is 4. The van der Waals surface area contributed by atoms with Gasteiger partial charge in [-0.1, -0.05) is 6.07 Å². The predicted octanol–water partition coefficient (Wildman–Crippen LogP) is 3.20. The number of hydrogen-bond donors (Lipinski definition) is 0. The lowest BCUT2D eigenvalue weighted by molar-refractivity contribution is -0.132. The fourth-order valence-corrected chi connectivity index (χ4v) is 4.69. The Bertz CT molecular complexity index is 1130. The number of likely N-dealkylation sites (tertiary alicyclic amines) is 1. The molecule has 1 fully saturated rings. The lowest BCUT2D eigenvalue weighted by Gasteiger charge is -2.26. The van der Waals surface area contributed by atoms with Gasteiger partial charge < -0.3 is 14.4 Å². The molecule has 0 spiro atoms. The maximum atomic E-state index is 13.2. The number of aromatic nitrogens is 4. The first-order chi connectivity index (χ1) is 15.1. The van der Waals surface area contributed by atoms with Crippen molar-refractivity contribution in [3.8, 4) is 11.5 Å². The van der Waals surface area contributed by atoms with E-state index in [1.165, 1.54) is 6.33 Å². The average molecular weight is 422 g/mol. The van der Waals surface area contributed by atoms with Crippen molar-refractivity contribution >= 4 is 11.7 Å². The van der Waals surface area contributed by atoms with Crippen LogP contribution >= 0.6 is 0 Å². The van der Waals surface area contributed by atoms with Crippen LogP contribution in [0.15, 0.2) is 24.5 Å². The van der Waals surface area contributed by atoms with Crippen LogP contribution in [0, 0.1) is 13.8 Å². The van der Waals surface area contributed by atoms with Crippen molar-refractivity contribution in [3.63, 3.8) is 0 Å². The fourth-order valence-electron chi connectivity index (χ4n) is 4.69. The highest BCUT2D eigenvalue weighted by molar-refractivity contribution is 5.77. The Hall–Kier alpha value is -3.16. The SMILES string of the molecule is Cc1nc2ncnn2c(C)c1CCC(=O)N1CCC[C@H]1c1ccc2c(c1)OCCCO2. The number of fused-ring (bicyclic) bond motifs is 2. The van der Waals surface area contributed by atoms with E-state index in [-0.39, 0.29) is 11.9 Å². The Kier molecular flexibility index (Phi) is 5.21. The van der Waals surface area contributed by atoms with E-state index in [2.05, 4.69) is 21.1 Å². The smallest absolute Gasteiger partial charge is 0.252 e. The molecular formula is C23H27N5O3. The van der Waals surface area contributed by atoms with Gasteiger partial charge in [0.1, 0.15) is 6.33 Å². The van der Waals surface area contributed by atoms with Crippen molar-refractivity contribution in [2.24, 2.45) is 0 Å². The van der Waals surface area contributed by atoms with E-state index in [0.717, 1.165) is 59.8 Å². The molecule has 1 atom stereocenters. The van der Waals surface area contributed by atoms with Crippen molar-refractivity contribution in [1.29, 1.82) is 0 Å². The Morgan fingerprint density at radius 1 is 1.16 bits per heavy atom. The molecule has 2 aliphatic heterocycles. The van der Waals surface area contributed by atoms with Crippen LogP contribution in [0.2, 0.25) is 0 Å². The van der Waals surface area contributed by atoms with Gasteiger partial charge in [-0.2, -0.15) is 10.1 Å². The predicted molar refractivity (Wildman–Crippen MR) is 114 cm³/mol. The van der Waals surface area contributed by atoms with Gasteiger partial charge in [-0.05, 0) is 56.4 Å². The summed E-state index contributed by atoms with van der Waals surface area (Å²) in [5.74, 6) is 2.35. The molecule has 1 amide bonds. The van der Waals surface area contributed by atoms with E-state index in [1.807, 2.05) is 30.9 Å². The molecule has 0 saturated carbocycles.